The van der Waals surface area contributed by atoms with Crippen molar-refractivity contribution < 1.29 is 19.5 Å². The molecule has 1 unspecified atom stereocenters. The first-order valence-electron chi connectivity index (χ1n) is 11.8. The van der Waals surface area contributed by atoms with Crippen LogP contribution in [0.2, 0.25) is 0 Å². The van der Waals surface area contributed by atoms with Crippen molar-refractivity contribution in [3.05, 3.63) is 47.5 Å². The van der Waals surface area contributed by atoms with E-state index < -0.39 is 34.9 Å². The van der Waals surface area contributed by atoms with E-state index in [0.29, 0.717) is 0 Å². The van der Waals surface area contributed by atoms with Gasteiger partial charge in [-0.1, -0.05) is 84.9 Å². The number of benzene rings is 1. The molecule has 0 heterocycles. The Morgan fingerprint density at radius 1 is 1.00 bits per heavy atom. The molecule has 3 N–H and O–H groups in total. The van der Waals surface area contributed by atoms with Crippen LogP contribution < -0.4 is 10.6 Å². The fourth-order valence-electron chi connectivity index (χ4n) is 4.16. The SMILES string of the molecule is CN[C@@H](C(=O)N[C@H](C(=O)N(C)C(/C=C(\C)C(=O)O)C(C)C)C(C)(C)C)C(C)(C)c1ccccc1. The number of carbonyl (C=O) groups excluding carboxylic acids is 2. The van der Waals surface area contributed by atoms with Crippen LogP contribution in [0, 0.1) is 11.3 Å². The molecule has 34 heavy (non-hydrogen) atoms. The minimum Gasteiger partial charge on any atom is -0.478 e. The van der Waals surface area contributed by atoms with E-state index in [2.05, 4.69) is 10.6 Å². The summed E-state index contributed by atoms with van der Waals surface area (Å²) in [5.74, 6) is -1.56. The zero-order chi connectivity index (χ0) is 26.4. The lowest BCUT2D eigenvalue weighted by Gasteiger charge is -2.39. The van der Waals surface area contributed by atoms with Crippen molar-refractivity contribution in [2.45, 2.75) is 78.9 Å². The van der Waals surface area contributed by atoms with E-state index in [0.717, 1.165) is 5.56 Å². The number of aliphatic carboxylic acids is 1. The maximum Gasteiger partial charge on any atom is 0.331 e. The highest BCUT2D eigenvalue weighted by Crippen LogP contribution is 2.29. The molecule has 7 heteroatoms. The van der Waals surface area contributed by atoms with Gasteiger partial charge in [-0.25, -0.2) is 4.79 Å². The van der Waals surface area contributed by atoms with Gasteiger partial charge in [0.25, 0.3) is 0 Å². The van der Waals surface area contributed by atoms with Gasteiger partial charge in [0, 0.05) is 18.0 Å². The van der Waals surface area contributed by atoms with E-state index >= 15 is 0 Å². The normalized spacial score (nSPS) is 15.4. The van der Waals surface area contributed by atoms with Crippen LogP contribution in [0.3, 0.4) is 0 Å². The molecule has 0 aromatic heterocycles. The predicted octanol–water partition coefficient (Wildman–Crippen LogP) is 3.60. The molecule has 7 nitrogen and oxygen atoms in total. The molecular weight excluding hydrogens is 430 g/mol. The smallest absolute Gasteiger partial charge is 0.331 e. The van der Waals surface area contributed by atoms with Gasteiger partial charge in [0.15, 0.2) is 0 Å². The summed E-state index contributed by atoms with van der Waals surface area (Å²) in [5, 5.41) is 15.5. The fourth-order valence-corrected chi connectivity index (χ4v) is 4.16. The first-order chi connectivity index (χ1) is 15.5. The average Bonchev–Trinajstić information content (AvgIpc) is 2.74. The number of rotatable bonds is 10. The number of carbonyl (C=O) groups is 3. The van der Waals surface area contributed by atoms with Crippen LogP contribution >= 0.6 is 0 Å². The summed E-state index contributed by atoms with van der Waals surface area (Å²) in [7, 11) is 3.40. The standard InChI is InChI=1S/C27H43N3O4/c1-17(2)20(16-18(3)25(33)34)30(10)24(32)22(26(4,5)6)29-23(31)21(28-9)27(7,8)19-14-12-11-13-15-19/h11-17,20-22,28H,1-10H3,(H,29,31)(H,33,34)/b18-16+/t20?,21-,22+/m0/s1. The van der Waals surface area contributed by atoms with Crippen LogP contribution in [0.5, 0.6) is 0 Å². The van der Waals surface area contributed by atoms with Crippen LogP contribution in [0.1, 0.15) is 61.0 Å². The van der Waals surface area contributed by atoms with Crippen molar-refractivity contribution >= 4 is 17.8 Å². The van der Waals surface area contributed by atoms with Crippen LogP contribution in [0.15, 0.2) is 42.0 Å². The highest BCUT2D eigenvalue weighted by molar-refractivity contribution is 5.91. The Balaban J connectivity index is 3.29. The maximum atomic E-state index is 13.7. The number of amides is 2. The van der Waals surface area contributed by atoms with E-state index in [4.69, 9.17) is 0 Å². The van der Waals surface area contributed by atoms with Crippen LogP contribution in [0.25, 0.3) is 0 Å². The van der Waals surface area contributed by atoms with Crippen LogP contribution in [-0.4, -0.2) is 60.0 Å². The molecule has 1 rings (SSSR count). The average molecular weight is 474 g/mol. The molecule has 0 aliphatic heterocycles. The molecule has 0 radical (unpaired) electrons. The summed E-state index contributed by atoms with van der Waals surface area (Å²) in [6.45, 7) is 15.1. The lowest BCUT2D eigenvalue weighted by molar-refractivity contribution is -0.141. The Bertz CT molecular complexity index is 885. The summed E-state index contributed by atoms with van der Waals surface area (Å²) < 4.78 is 0. The number of hydrogen-bond donors (Lipinski definition) is 3. The van der Waals surface area contributed by atoms with E-state index in [9.17, 15) is 19.5 Å². The molecule has 0 saturated carbocycles. The van der Waals surface area contributed by atoms with Crippen molar-refractivity contribution in [1.29, 1.82) is 0 Å². The quantitative estimate of drug-likeness (QED) is 0.451. The fraction of sp³-hybridized carbons (Fsp3) is 0.593. The van der Waals surface area contributed by atoms with E-state index in [-0.39, 0.29) is 23.3 Å². The number of carboxylic acids is 1. The Labute approximate surface area is 205 Å². The largest absolute Gasteiger partial charge is 0.478 e. The predicted molar refractivity (Wildman–Crippen MR) is 136 cm³/mol. The molecular formula is C27H43N3O4. The van der Waals surface area contributed by atoms with Gasteiger partial charge in [-0.2, -0.15) is 0 Å². The van der Waals surface area contributed by atoms with Crippen LogP contribution in [-0.2, 0) is 19.8 Å². The monoisotopic (exact) mass is 473 g/mol. The molecule has 190 valence electrons. The van der Waals surface area contributed by atoms with E-state index in [1.165, 1.54) is 6.92 Å². The van der Waals surface area contributed by atoms with Crippen molar-refractivity contribution in [1.82, 2.24) is 15.5 Å². The van der Waals surface area contributed by atoms with Crippen molar-refractivity contribution in [3.63, 3.8) is 0 Å². The lowest BCUT2D eigenvalue weighted by atomic mass is 9.76. The zero-order valence-electron chi connectivity index (χ0n) is 22.4. The molecule has 0 saturated heterocycles. The molecule has 0 aliphatic carbocycles. The third-order valence-electron chi connectivity index (χ3n) is 6.43. The lowest BCUT2D eigenvalue weighted by Crippen LogP contribution is -2.61. The molecule has 2 amide bonds. The summed E-state index contributed by atoms with van der Waals surface area (Å²) in [5.41, 5.74) is 0.0895. The molecule has 0 spiro atoms. The van der Waals surface area contributed by atoms with Gasteiger partial charge in [-0.15, -0.1) is 0 Å². The highest BCUT2D eigenvalue weighted by atomic mass is 16.4. The minimum atomic E-state index is -1.02. The highest BCUT2D eigenvalue weighted by Gasteiger charge is 2.41. The minimum absolute atomic E-state index is 0.0124. The molecule has 0 fully saturated rings. The first-order valence-corrected chi connectivity index (χ1v) is 11.8. The van der Waals surface area contributed by atoms with Gasteiger partial charge >= 0.3 is 5.97 Å². The third-order valence-corrected chi connectivity index (χ3v) is 6.43. The number of nitrogens with zero attached hydrogens (tertiary/aromatic N) is 1. The Morgan fingerprint density at radius 2 is 1.53 bits per heavy atom. The van der Waals surface area contributed by atoms with Gasteiger partial charge in [0.05, 0.1) is 12.1 Å². The molecule has 1 aromatic rings. The van der Waals surface area contributed by atoms with Gasteiger partial charge in [0.1, 0.15) is 6.04 Å². The summed E-state index contributed by atoms with van der Waals surface area (Å²) in [6.07, 6.45) is 1.60. The Morgan fingerprint density at radius 3 is 1.94 bits per heavy atom. The van der Waals surface area contributed by atoms with Crippen LogP contribution in [0.4, 0.5) is 0 Å². The number of hydrogen-bond acceptors (Lipinski definition) is 4. The summed E-state index contributed by atoms with van der Waals surface area (Å²) in [6, 6.07) is 7.99. The first kappa shape index (κ1) is 29.4. The molecule has 3 atom stereocenters. The molecule has 0 aliphatic rings. The maximum absolute atomic E-state index is 13.7. The molecule has 1 aromatic carbocycles. The summed E-state index contributed by atoms with van der Waals surface area (Å²) >= 11 is 0. The molecule has 0 bridgehead atoms. The zero-order valence-corrected chi connectivity index (χ0v) is 22.4. The Hall–Kier alpha value is -2.67. The van der Waals surface area contributed by atoms with Crippen molar-refractivity contribution in [2.75, 3.05) is 14.1 Å². The third kappa shape index (κ3) is 7.16. The number of likely N-dealkylation sites (N-methyl/N-ethyl adjacent to an activating group) is 2. The van der Waals surface area contributed by atoms with Gasteiger partial charge in [0.2, 0.25) is 11.8 Å². The van der Waals surface area contributed by atoms with Gasteiger partial charge < -0.3 is 20.6 Å². The van der Waals surface area contributed by atoms with Gasteiger partial charge in [-0.3, -0.25) is 9.59 Å². The van der Waals surface area contributed by atoms with Crippen molar-refractivity contribution in [2.24, 2.45) is 11.3 Å². The van der Waals surface area contributed by atoms with E-state index in [1.54, 1.807) is 25.1 Å². The topological polar surface area (TPSA) is 98.7 Å². The van der Waals surface area contributed by atoms with Gasteiger partial charge in [-0.05, 0) is 30.9 Å². The Kier molecular flexibility index (Phi) is 10.1. The number of nitrogens with one attached hydrogen (secondary N) is 2. The second-order valence-electron chi connectivity index (χ2n) is 11.0. The van der Waals surface area contributed by atoms with Crippen molar-refractivity contribution in [3.8, 4) is 0 Å². The summed E-state index contributed by atoms with van der Waals surface area (Å²) in [4.78, 5) is 40.1. The second-order valence-corrected chi connectivity index (χ2v) is 11.0. The number of carboxylic acid groups (broad SMARTS) is 1. The second kappa shape index (κ2) is 11.6. The van der Waals surface area contributed by atoms with E-state index in [1.807, 2.05) is 78.8 Å².